The second-order valence-electron chi connectivity index (χ2n) is 6.18. The summed E-state index contributed by atoms with van der Waals surface area (Å²) < 4.78 is 4.61. The van der Waals surface area contributed by atoms with Crippen LogP contribution in [-0.4, -0.2) is 36.0 Å². The lowest BCUT2D eigenvalue weighted by atomic mass is 10.1. The Morgan fingerprint density at radius 1 is 0.857 bits per heavy atom. The van der Waals surface area contributed by atoms with Gasteiger partial charge in [0.15, 0.2) is 5.11 Å². The maximum atomic E-state index is 12.2. The van der Waals surface area contributed by atoms with Gasteiger partial charge in [0, 0.05) is 22.9 Å². The van der Waals surface area contributed by atoms with Crippen LogP contribution in [0.15, 0.2) is 48.5 Å². The summed E-state index contributed by atoms with van der Waals surface area (Å²) in [5, 5.41) is 8.36. The zero-order valence-corrected chi connectivity index (χ0v) is 16.6. The van der Waals surface area contributed by atoms with Crippen LogP contribution in [-0.2, 0) is 4.74 Å². The predicted octanol–water partition coefficient (Wildman–Crippen LogP) is 2.74. The summed E-state index contributed by atoms with van der Waals surface area (Å²) in [6.07, 6.45) is 0. The van der Waals surface area contributed by atoms with Gasteiger partial charge in [-0.15, -0.1) is 0 Å². The summed E-state index contributed by atoms with van der Waals surface area (Å²) in [5.74, 6) is -1.05. The predicted molar refractivity (Wildman–Crippen MR) is 111 cm³/mol. The molecule has 0 unspecified atom stereocenters. The van der Waals surface area contributed by atoms with E-state index in [0.717, 1.165) is 0 Å². The van der Waals surface area contributed by atoms with E-state index in [9.17, 15) is 14.4 Å². The molecule has 28 heavy (non-hydrogen) atoms. The van der Waals surface area contributed by atoms with Gasteiger partial charge in [-0.25, -0.2) is 4.79 Å². The van der Waals surface area contributed by atoms with E-state index in [4.69, 9.17) is 12.2 Å². The fourth-order valence-electron chi connectivity index (χ4n) is 2.26. The highest BCUT2D eigenvalue weighted by Crippen LogP contribution is 2.10. The molecule has 0 bridgehead atoms. The highest BCUT2D eigenvalue weighted by atomic mass is 32.1. The number of thiocarbonyl (C=S) groups is 1. The van der Waals surface area contributed by atoms with E-state index < -0.39 is 11.9 Å². The van der Waals surface area contributed by atoms with Gasteiger partial charge in [0.2, 0.25) is 0 Å². The van der Waals surface area contributed by atoms with Crippen molar-refractivity contribution < 1.29 is 19.1 Å². The van der Waals surface area contributed by atoms with Crippen molar-refractivity contribution in [3.8, 4) is 0 Å². The van der Waals surface area contributed by atoms with Gasteiger partial charge < -0.3 is 15.4 Å². The molecule has 0 saturated heterocycles. The molecule has 0 atom stereocenters. The normalized spacial score (nSPS) is 10.1. The van der Waals surface area contributed by atoms with Crippen LogP contribution in [0.2, 0.25) is 0 Å². The first-order valence-corrected chi connectivity index (χ1v) is 8.92. The summed E-state index contributed by atoms with van der Waals surface area (Å²) in [6.45, 7) is 3.77. The first kappa shape index (κ1) is 21.0. The molecule has 0 fully saturated rings. The average molecular weight is 399 g/mol. The Hall–Kier alpha value is -3.26. The minimum atomic E-state index is -0.477. The highest BCUT2D eigenvalue weighted by molar-refractivity contribution is 7.80. The van der Waals surface area contributed by atoms with Crippen molar-refractivity contribution >= 4 is 40.8 Å². The summed E-state index contributed by atoms with van der Waals surface area (Å²) in [4.78, 5) is 35.6. The van der Waals surface area contributed by atoms with Gasteiger partial charge >= 0.3 is 5.97 Å². The molecule has 0 saturated carbocycles. The van der Waals surface area contributed by atoms with Gasteiger partial charge in [-0.3, -0.25) is 14.9 Å². The Bertz CT molecular complexity index is 877. The minimum absolute atomic E-state index is 0.0507. The van der Waals surface area contributed by atoms with E-state index >= 15 is 0 Å². The monoisotopic (exact) mass is 399 g/mol. The van der Waals surface area contributed by atoms with Gasteiger partial charge in [0.25, 0.3) is 11.8 Å². The first-order chi connectivity index (χ1) is 13.3. The van der Waals surface area contributed by atoms with E-state index in [1.165, 1.54) is 31.4 Å². The van der Waals surface area contributed by atoms with Gasteiger partial charge in [-0.05, 0) is 74.6 Å². The molecule has 0 aliphatic rings. The molecule has 8 heteroatoms. The van der Waals surface area contributed by atoms with E-state index in [-0.39, 0.29) is 17.1 Å². The molecule has 0 radical (unpaired) electrons. The fourth-order valence-corrected chi connectivity index (χ4v) is 2.47. The molecule has 2 rings (SSSR count). The fraction of sp³-hybridized carbons (Fsp3) is 0.200. The van der Waals surface area contributed by atoms with Crippen molar-refractivity contribution in [2.24, 2.45) is 0 Å². The third-order valence-electron chi connectivity index (χ3n) is 3.62. The second-order valence-corrected chi connectivity index (χ2v) is 6.59. The maximum Gasteiger partial charge on any atom is 0.337 e. The number of amides is 2. The van der Waals surface area contributed by atoms with Gasteiger partial charge in [-0.2, -0.15) is 0 Å². The molecule has 0 spiro atoms. The van der Waals surface area contributed by atoms with Gasteiger partial charge in [0.1, 0.15) is 0 Å². The smallest absolute Gasteiger partial charge is 0.337 e. The Morgan fingerprint density at radius 3 is 1.89 bits per heavy atom. The molecular weight excluding hydrogens is 378 g/mol. The molecule has 7 nitrogen and oxygen atoms in total. The highest BCUT2D eigenvalue weighted by Gasteiger charge is 2.11. The molecular formula is C20H21N3O4S. The number of carbonyl (C=O) groups excluding carboxylic acids is 3. The van der Waals surface area contributed by atoms with Crippen molar-refractivity contribution in [1.29, 1.82) is 0 Å². The van der Waals surface area contributed by atoms with Gasteiger partial charge in [-0.1, -0.05) is 0 Å². The zero-order valence-electron chi connectivity index (χ0n) is 15.7. The third-order valence-corrected chi connectivity index (χ3v) is 3.82. The lowest BCUT2D eigenvalue weighted by molar-refractivity contribution is 0.0600. The van der Waals surface area contributed by atoms with Crippen LogP contribution >= 0.6 is 12.2 Å². The summed E-state index contributed by atoms with van der Waals surface area (Å²) in [6, 6.07) is 12.8. The standard InChI is InChI=1S/C20H21N3O4S/c1-12(2)21-17(24)14-8-10-16(11-9-14)22-20(28)23-18(25)13-4-6-15(7-5-13)19(26)27-3/h4-12H,1-3H3,(H,21,24)(H2,22,23,25,28). The van der Waals surface area contributed by atoms with Crippen LogP contribution in [0.1, 0.15) is 44.9 Å². The van der Waals surface area contributed by atoms with Crippen LogP contribution in [0.3, 0.4) is 0 Å². The number of hydrogen-bond acceptors (Lipinski definition) is 5. The molecule has 2 aromatic carbocycles. The summed E-state index contributed by atoms with van der Waals surface area (Å²) in [7, 11) is 1.29. The molecule has 0 aliphatic heterocycles. The molecule has 146 valence electrons. The van der Waals surface area contributed by atoms with Crippen molar-refractivity contribution in [3.05, 3.63) is 65.2 Å². The van der Waals surface area contributed by atoms with Crippen LogP contribution in [0, 0.1) is 0 Å². The van der Waals surface area contributed by atoms with Crippen molar-refractivity contribution in [2.45, 2.75) is 19.9 Å². The van der Waals surface area contributed by atoms with E-state index in [1.807, 2.05) is 13.8 Å². The Morgan fingerprint density at radius 2 is 1.36 bits per heavy atom. The average Bonchev–Trinajstić information content (AvgIpc) is 2.67. The van der Waals surface area contributed by atoms with Crippen LogP contribution in [0.25, 0.3) is 0 Å². The molecule has 0 aromatic heterocycles. The zero-order chi connectivity index (χ0) is 20.7. The SMILES string of the molecule is COC(=O)c1ccc(C(=O)NC(=S)Nc2ccc(C(=O)NC(C)C)cc2)cc1. The van der Waals surface area contributed by atoms with Crippen molar-refractivity contribution in [1.82, 2.24) is 10.6 Å². The number of methoxy groups -OCH3 is 1. The number of carbonyl (C=O) groups is 3. The summed E-state index contributed by atoms with van der Waals surface area (Å²) in [5.41, 5.74) is 1.85. The summed E-state index contributed by atoms with van der Waals surface area (Å²) >= 11 is 5.14. The van der Waals surface area contributed by atoms with Crippen molar-refractivity contribution in [2.75, 3.05) is 12.4 Å². The molecule has 2 aromatic rings. The minimum Gasteiger partial charge on any atom is -0.465 e. The number of esters is 1. The van der Waals surface area contributed by atoms with Gasteiger partial charge in [0.05, 0.1) is 12.7 Å². The number of benzene rings is 2. The maximum absolute atomic E-state index is 12.2. The lowest BCUT2D eigenvalue weighted by Gasteiger charge is -2.11. The topological polar surface area (TPSA) is 96.5 Å². The molecule has 3 N–H and O–H groups in total. The Labute approximate surface area is 168 Å². The third kappa shape index (κ3) is 5.88. The van der Waals surface area contributed by atoms with E-state index in [1.54, 1.807) is 24.3 Å². The Balaban J connectivity index is 1.93. The van der Waals surface area contributed by atoms with E-state index in [0.29, 0.717) is 22.4 Å². The second kappa shape index (κ2) is 9.61. The largest absolute Gasteiger partial charge is 0.465 e. The number of anilines is 1. The van der Waals surface area contributed by atoms with Crippen LogP contribution in [0.5, 0.6) is 0 Å². The quantitative estimate of drug-likeness (QED) is 0.528. The van der Waals surface area contributed by atoms with Crippen LogP contribution < -0.4 is 16.0 Å². The number of rotatable bonds is 5. The Kier molecular flexibility index (Phi) is 7.22. The van der Waals surface area contributed by atoms with Crippen LogP contribution in [0.4, 0.5) is 5.69 Å². The van der Waals surface area contributed by atoms with Crippen molar-refractivity contribution in [3.63, 3.8) is 0 Å². The molecule has 0 heterocycles. The molecule has 2 amide bonds. The number of nitrogens with one attached hydrogen (secondary N) is 3. The first-order valence-electron chi connectivity index (χ1n) is 8.51. The van der Waals surface area contributed by atoms with E-state index in [2.05, 4.69) is 20.7 Å². The molecule has 0 aliphatic carbocycles. The number of hydrogen-bond donors (Lipinski definition) is 3. The lowest BCUT2D eigenvalue weighted by Crippen LogP contribution is -2.34. The number of ether oxygens (including phenoxy) is 1.